The molecule has 0 spiro atoms. The zero-order chi connectivity index (χ0) is 30.1. The van der Waals surface area contributed by atoms with Gasteiger partial charge in [-0.25, -0.2) is 13.1 Å². The minimum Gasteiger partial charge on any atom is -0.481 e. The highest BCUT2D eigenvalue weighted by Crippen LogP contribution is 2.54. The number of sulfonamides is 1. The number of nitrogens with zero attached hydrogens (tertiary/aromatic N) is 2. The Hall–Kier alpha value is -2.98. The lowest BCUT2D eigenvalue weighted by Gasteiger charge is -2.52. The van der Waals surface area contributed by atoms with Crippen molar-refractivity contribution in [1.82, 2.24) is 14.6 Å². The van der Waals surface area contributed by atoms with Gasteiger partial charge < -0.3 is 10.0 Å². The number of hydrogen-bond donors (Lipinski definition) is 2. The minimum absolute atomic E-state index is 0.00844. The second kappa shape index (κ2) is 12.3. The van der Waals surface area contributed by atoms with Crippen molar-refractivity contribution in [2.24, 2.45) is 11.3 Å². The highest BCUT2D eigenvalue weighted by molar-refractivity contribution is 7.88. The van der Waals surface area contributed by atoms with E-state index in [1.807, 2.05) is 30.3 Å². The average molecular weight is 631 g/mol. The Morgan fingerprint density at radius 1 is 1.10 bits per heavy atom. The fourth-order valence-electron chi connectivity index (χ4n) is 6.18. The van der Waals surface area contributed by atoms with E-state index in [1.54, 1.807) is 48.4 Å². The Morgan fingerprint density at radius 2 is 1.83 bits per heavy atom. The third-order valence-corrected chi connectivity index (χ3v) is 10.1. The Kier molecular flexibility index (Phi) is 8.94. The lowest BCUT2D eigenvalue weighted by molar-refractivity contribution is -0.161. The van der Waals surface area contributed by atoms with Gasteiger partial charge in [0, 0.05) is 40.9 Å². The number of carboxylic acids is 1. The molecule has 1 amide bonds. The summed E-state index contributed by atoms with van der Waals surface area (Å²) in [4.78, 5) is 32.3. The van der Waals surface area contributed by atoms with Crippen LogP contribution in [0.25, 0.3) is 0 Å². The van der Waals surface area contributed by atoms with Crippen molar-refractivity contribution in [2.75, 3.05) is 6.54 Å². The smallest absolute Gasteiger partial charge is 0.304 e. The number of piperidine rings is 1. The van der Waals surface area contributed by atoms with Gasteiger partial charge in [0.05, 0.1) is 23.6 Å². The maximum Gasteiger partial charge on any atom is 0.304 e. The van der Waals surface area contributed by atoms with Crippen LogP contribution in [0.5, 0.6) is 0 Å². The fourth-order valence-corrected chi connectivity index (χ4v) is 7.65. The van der Waals surface area contributed by atoms with E-state index in [0.717, 1.165) is 24.0 Å². The lowest BCUT2D eigenvalue weighted by atomic mass is 9.67. The maximum atomic E-state index is 14.5. The van der Waals surface area contributed by atoms with Gasteiger partial charge in [-0.2, -0.15) is 0 Å². The van der Waals surface area contributed by atoms with Crippen LogP contribution in [0.15, 0.2) is 73.1 Å². The van der Waals surface area contributed by atoms with Gasteiger partial charge in [0.25, 0.3) is 0 Å². The molecule has 2 aliphatic rings. The molecule has 11 heteroatoms. The zero-order valence-electron chi connectivity index (χ0n) is 23.1. The van der Waals surface area contributed by atoms with E-state index in [0.29, 0.717) is 15.6 Å². The average Bonchev–Trinajstić information content (AvgIpc) is 3.77. The molecule has 1 aliphatic carbocycles. The van der Waals surface area contributed by atoms with Crippen molar-refractivity contribution in [1.29, 1.82) is 0 Å². The zero-order valence-corrected chi connectivity index (χ0v) is 25.4. The van der Waals surface area contributed by atoms with Gasteiger partial charge in [0.2, 0.25) is 15.9 Å². The second-order valence-electron chi connectivity index (χ2n) is 11.6. The van der Waals surface area contributed by atoms with E-state index < -0.39 is 33.5 Å². The first kappa shape index (κ1) is 30.5. The monoisotopic (exact) mass is 629 g/mol. The predicted molar refractivity (Wildman–Crippen MR) is 162 cm³/mol. The molecule has 2 heterocycles. The molecule has 1 aliphatic heterocycles. The van der Waals surface area contributed by atoms with Crippen LogP contribution in [-0.4, -0.2) is 47.9 Å². The number of aromatic nitrogens is 1. The van der Waals surface area contributed by atoms with Crippen LogP contribution in [0, 0.1) is 11.3 Å². The number of carboxylic acid groups (broad SMARTS) is 1. The number of nitrogens with one attached hydrogen (secondary N) is 1. The molecule has 2 fully saturated rings. The molecule has 42 heavy (non-hydrogen) atoms. The van der Waals surface area contributed by atoms with Crippen LogP contribution in [0.4, 0.5) is 0 Å². The van der Waals surface area contributed by atoms with Gasteiger partial charge in [-0.05, 0) is 72.2 Å². The van der Waals surface area contributed by atoms with Crippen molar-refractivity contribution in [3.05, 3.63) is 99.8 Å². The number of amides is 1. The summed E-state index contributed by atoms with van der Waals surface area (Å²) in [5, 5.41) is 10.9. The largest absolute Gasteiger partial charge is 0.481 e. The molecule has 1 saturated carbocycles. The molecular formula is C31H33Cl2N3O5S. The number of pyridine rings is 1. The number of carbonyl (C=O) groups excluding carboxylic acids is 1. The standard InChI is InChI=1S/C31H33Cl2N3O5S/c1-31(16-28(37)38)15-26(23-5-2-6-25(33)14-23)29(22-9-11-24(32)12-10-22)36(30(31)39)27(21-7-8-21)18-35-42(40,41)19-20-4-3-13-34-17-20/h2-6,9-14,17,21,26-27,29,35H,7-8,15-16,18-19H2,1H3,(H,37,38)/t26-,27?,29?,31-/m1/s1. The highest BCUT2D eigenvalue weighted by atomic mass is 35.5. The lowest BCUT2D eigenvalue weighted by Crippen LogP contribution is -2.59. The molecule has 1 saturated heterocycles. The molecule has 222 valence electrons. The van der Waals surface area contributed by atoms with Crippen molar-refractivity contribution >= 4 is 45.1 Å². The van der Waals surface area contributed by atoms with E-state index >= 15 is 0 Å². The van der Waals surface area contributed by atoms with Crippen molar-refractivity contribution in [2.45, 2.75) is 56.4 Å². The van der Waals surface area contributed by atoms with Crippen LogP contribution in [0.3, 0.4) is 0 Å². The van der Waals surface area contributed by atoms with E-state index in [1.165, 1.54) is 6.20 Å². The third-order valence-electron chi connectivity index (χ3n) is 8.25. The second-order valence-corrected chi connectivity index (χ2v) is 14.3. The van der Waals surface area contributed by atoms with Crippen LogP contribution in [0.2, 0.25) is 10.0 Å². The SMILES string of the molecule is C[C@]1(CC(=O)O)C[C@H](c2cccc(Cl)c2)C(c2ccc(Cl)cc2)N(C(CNS(=O)(=O)Cc2cccnc2)C2CC2)C1=O. The number of likely N-dealkylation sites (tertiary alicyclic amines) is 1. The normalized spacial score (nSPS) is 23.5. The van der Waals surface area contributed by atoms with E-state index in [-0.39, 0.29) is 42.9 Å². The molecule has 3 aromatic rings. The summed E-state index contributed by atoms with van der Waals surface area (Å²) in [7, 11) is -3.76. The van der Waals surface area contributed by atoms with Gasteiger partial charge in [-0.3, -0.25) is 14.6 Å². The Bertz CT molecular complexity index is 1550. The Morgan fingerprint density at radius 3 is 2.45 bits per heavy atom. The minimum atomic E-state index is -3.76. The molecule has 2 unspecified atom stereocenters. The number of aliphatic carboxylic acids is 1. The summed E-state index contributed by atoms with van der Waals surface area (Å²) < 4.78 is 29.0. The van der Waals surface area contributed by atoms with Gasteiger partial charge in [0.15, 0.2) is 0 Å². The first-order valence-corrected chi connectivity index (χ1v) is 16.3. The van der Waals surface area contributed by atoms with Crippen LogP contribution in [-0.2, 0) is 25.4 Å². The first-order valence-electron chi connectivity index (χ1n) is 13.9. The molecule has 0 radical (unpaired) electrons. The summed E-state index contributed by atoms with van der Waals surface area (Å²) in [6.07, 6.45) is 4.70. The topological polar surface area (TPSA) is 117 Å². The number of halogens is 2. The molecule has 1 aromatic heterocycles. The van der Waals surface area contributed by atoms with Crippen molar-refractivity contribution in [3.8, 4) is 0 Å². The fraction of sp³-hybridized carbons (Fsp3) is 0.387. The number of carbonyl (C=O) groups is 2. The van der Waals surface area contributed by atoms with Crippen molar-refractivity contribution in [3.63, 3.8) is 0 Å². The summed E-state index contributed by atoms with van der Waals surface area (Å²) in [6, 6.07) is 17.1. The van der Waals surface area contributed by atoms with E-state index in [4.69, 9.17) is 23.2 Å². The maximum absolute atomic E-state index is 14.5. The van der Waals surface area contributed by atoms with E-state index in [9.17, 15) is 23.1 Å². The van der Waals surface area contributed by atoms with Gasteiger partial charge in [-0.1, -0.05) is 60.5 Å². The Balaban J connectivity index is 1.58. The quantitative estimate of drug-likeness (QED) is 0.276. The molecule has 2 N–H and O–H groups in total. The molecule has 8 nitrogen and oxygen atoms in total. The third kappa shape index (κ3) is 6.97. The van der Waals surface area contributed by atoms with E-state index in [2.05, 4.69) is 9.71 Å². The molecular weight excluding hydrogens is 597 g/mol. The summed E-state index contributed by atoms with van der Waals surface area (Å²) in [6.45, 7) is 1.71. The van der Waals surface area contributed by atoms with Crippen LogP contribution >= 0.6 is 23.2 Å². The first-order chi connectivity index (χ1) is 20.0. The number of hydrogen-bond acceptors (Lipinski definition) is 5. The predicted octanol–water partition coefficient (Wildman–Crippen LogP) is 5.82. The van der Waals surface area contributed by atoms with Gasteiger partial charge in [-0.15, -0.1) is 0 Å². The van der Waals surface area contributed by atoms with Crippen LogP contribution in [0.1, 0.15) is 61.3 Å². The number of benzene rings is 2. The molecule has 5 rings (SSSR count). The highest BCUT2D eigenvalue weighted by Gasteiger charge is 2.54. The van der Waals surface area contributed by atoms with Crippen molar-refractivity contribution < 1.29 is 23.1 Å². The van der Waals surface area contributed by atoms with Gasteiger partial charge >= 0.3 is 5.97 Å². The van der Waals surface area contributed by atoms with Crippen LogP contribution < -0.4 is 4.72 Å². The molecule has 4 atom stereocenters. The summed E-state index contributed by atoms with van der Waals surface area (Å²) in [5.41, 5.74) is 1.04. The molecule has 0 bridgehead atoms. The Labute approximate surface area is 256 Å². The summed E-state index contributed by atoms with van der Waals surface area (Å²) in [5.74, 6) is -1.85. The number of rotatable bonds is 11. The van der Waals surface area contributed by atoms with Gasteiger partial charge in [0.1, 0.15) is 0 Å². The summed E-state index contributed by atoms with van der Waals surface area (Å²) >= 11 is 12.7. The molecule has 2 aromatic carbocycles.